The number of hydrogen-bond donors (Lipinski definition) is 0. The molecule has 0 aliphatic carbocycles. The predicted octanol–water partition coefficient (Wildman–Crippen LogP) is 2.13. The van der Waals surface area contributed by atoms with Gasteiger partial charge in [-0.1, -0.05) is 0 Å². The van der Waals surface area contributed by atoms with E-state index in [-0.39, 0.29) is 0 Å². The fraction of sp³-hybridized carbons (Fsp3) is 0.250. The van der Waals surface area contributed by atoms with Crippen LogP contribution < -0.4 is 0 Å². The first-order valence-corrected chi connectivity index (χ1v) is 3.96. The summed E-state index contributed by atoms with van der Waals surface area (Å²) in [4.78, 5) is 12.3. The van der Waals surface area contributed by atoms with Gasteiger partial charge < -0.3 is 10.1 Å². The molecule has 1 aromatic rings. The van der Waals surface area contributed by atoms with Crippen molar-refractivity contribution in [1.29, 1.82) is 5.26 Å². The van der Waals surface area contributed by atoms with E-state index in [2.05, 4.69) is 4.98 Å². The molecule has 1 rings (SSSR count). The molecule has 16 heavy (non-hydrogen) atoms. The fourth-order valence-corrected chi connectivity index (χ4v) is 1.06. The molecule has 5 nitrogen and oxygen atoms in total. The van der Waals surface area contributed by atoms with Gasteiger partial charge in [-0.2, -0.15) is 9.65 Å². The zero-order valence-corrected chi connectivity index (χ0v) is 7.65. The van der Waals surface area contributed by atoms with Gasteiger partial charge in [0.15, 0.2) is 5.69 Å². The lowest BCUT2D eigenvalue weighted by Gasteiger charge is -2.02. The van der Waals surface area contributed by atoms with Gasteiger partial charge in [-0.15, -0.1) is 0 Å². The Morgan fingerprint density at radius 1 is 1.62 bits per heavy atom. The highest BCUT2D eigenvalue weighted by Crippen LogP contribution is 2.26. The maximum Gasteiger partial charge on any atom is 0.400 e. The minimum absolute atomic E-state index is 0.336. The molecule has 0 unspecified atom stereocenters. The van der Waals surface area contributed by atoms with Crippen LogP contribution in [0.1, 0.15) is 17.7 Å². The maximum absolute atomic E-state index is 13.0. The van der Waals surface area contributed by atoms with Crippen LogP contribution in [0.15, 0.2) is 6.07 Å². The Bertz CT molecular complexity index is 470. The van der Waals surface area contributed by atoms with Gasteiger partial charge >= 0.3 is 5.82 Å². The topological polar surface area (TPSA) is 79.8 Å². The second-order valence-corrected chi connectivity index (χ2v) is 2.72. The predicted molar refractivity (Wildman–Crippen MR) is 45.1 cm³/mol. The van der Waals surface area contributed by atoms with Crippen molar-refractivity contribution >= 4 is 5.82 Å². The maximum atomic E-state index is 13.0. The molecule has 0 bridgehead atoms. The number of aromatic nitrogens is 1. The fourth-order valence-electron chi connectivity index (χ4n) is 1.06. The van der Waals surface area contributed by atoms with Crippen LogP contribution >= 0.6 is 0 Å². The quantitative estimate of drug-likeness (QED) is 0.589. The van der Waals surface area contributed by atoms with E-state index >= 15 is 0 Å². The molecule has 1 aromatic heterocycles. The Kier molecular flexibility index (Phi) is 3.40. The minimum Gasteiger partial charge on any atom is -0.358 e. The number of hydrogen-bond acceptors (Lipinski definition) is 4. The second-order valence-electron chi connectivity index (χ2n) is 2.72. The van der Waals surface area contributed by atoms with E-state index in [1.54, 1.807) is 0 Å². The Labute approximate surface area is 87.3 Å². The van der Waals surface area contributed by atoms with Crippen molar-refractivity contribution in [3.63, 3.8) is 0 Å². The lowest BCUT2D eigenvalue weighted by atomic mass is 10.1. The molecule has 0 amide bonds. The Morgan fingerprint density at radius 3 is 2.69 bits per heavy atom. The van der Waals surface area contributed by atoms with E-state index in [0.29, 0.717) is 6.07 Å². The first-order valence-electron chi connectivity index (χ1n) is 3.96. The zero-order valence-electron chi connectivity index (χ0n) is 7.65. The number of alkyl halides is 2. The van der Waals surface area contributed by atoms with Gasteiger partial charge in [-0.05, 0) is 16.0 Å². The molecule has 0 spiro atoms. The summed E-state index contributed by atoms with van der Waals surface area (Å²) in [7, 11) is 0. The van der Waals surface area contributed by atoms with Crippen LogP contribution in [-0.4, -0.2) is 9.91 Å². The molecule has 8 heteroatoms. The van der Waals surface area contributed by atoms with Crippen molar-refractivity contribution in [2.24, 2.45) is 0 Å². The van der Waals surface area contributed by atoms with Crippen LogP contribution in [0.5, 0.6) is 0 Å². The molecule has 0 aliphatic rings. The smallest absolute Gasteiger partial charge is 0.358 e. The van der Waals surface area contributed by atoms with Crippen LogP contribution in [-0.2, 0) is 6.42 Å². The van der Waals surface area contributed by atoms with Gasteiger partial charge in [0.1, 0.15) is 6.42 Å². The van der Waals surface area contributed by atoms with Gasteiger partial charge in [0.05, 0.1) is 11.6 Å². The van der Waals surface area contributed by atoms with Crippen molar-refractivity contribution in [2.75, 3.05) is 0 Å². The molecular weight excluding hydrogens is 227 g/mol. The summed E-state index contributed by atoms with van der Waals surface area (Å²) >= 11 is 0. The number of nitro groups is 1. The molecular formula is C8H4F3N3O2. The molecule has 0 atom stereocenters. The van der Waals surface area contributed by atoms with Gasteiger partial charge in [0.2, 0.25) is 5.82 Å². The number of halogens is 3. The highest BCUT2D eigenvalue weighted by Gasteiger charge is 2.26. The first-order chi connectivity index (χ1) is 7.47. The molecule has 0 radical (unpaired) electrons. The highest BCUT2D eigenvalue weighted by molar-refractivity contribution is 5.33. The van der Waals surface area contributed by atoms with Crippen molar-refractivity contribution in [1.82, 2.24) is 4.98 Å². The highest BCUT2D eigenvalue weighted by atomic mass is 19.3. The third kappa shape index (κ3) is 2.25. The Morgan fingerprint density at radius 2 is 2.25 bits per heavy atom. The van der Waals surface area contributed by atoms with E-state index in [4.69, 9.17) is 5.26 Å². The summed E-state index contributed by atoms with van der Waals surface area (Å²) in [6.45, 7) is 0. The van der Waals surface area contributed by atoms with Crippen molar-refractivity contribution in [3.8, 4) is 6.07 Å². The van der Waals surface area contributed by atoms with Gasteiger partial charge in [-0.3, -0.25) is 0 Å². The van der Waals surface area contributed by atoms with Crippen LogP contribution in [0, 0.1) is 27.3 Å². The van der Waals surface area contributed by atoms with Crippen molar-refractivity contribution in [3.05, 3.63) is 33.3 Å². The summed E-state index contributed by atoms with van der Waals surface area (Å²) in [5.74, 6) is -2.60. The van der Waals surface area contributed by atoms with Crippen LogP contribution in [0.4, 0.5) is 19.0 Å². The normalized spacial score (nSPS) is 10.2. The summed E-state index contributed by atoms with van der Waals surface area (Å²) in [6, 6.07) is 1.86. The second kappa shape index (κ2) is 4.57. The molecule has 0 aliphatic heterocycles. The van der Waals surface area contributed by atoms with Crippen molar-refractivity contribution in [2.45, 2.75) is 12.8 Å². The number of nitriles is 1. The van der Waals surface area contributed by atoms with Crippen LogP contribution in [0.2, 0.25) is 0 Å². The molecule has 0 fully saturated rings. The van der Waals surface area contributed by atoms with Gasteiger partial charge in [0, 0.05) is 0 Å². The van der Waals surface area contributed by atoms with E-state index < -0.39 is 40.7 Å². The van der Waals surface area contributed by atoms with Gasteiger partial charge in [-0.25, -0.2) is 8.78 Å². The average Bonchev–Trinajstić information content (AvgIpc) is 2.19. The van der Waals surface area contributed by atoms with Gasteiger partial charge in [0.25, 0.3) is 6.43 Å². The molecule has 0 aromatic carbocycles. The number of nitrogens with zero attached hydrogens (tertiary/aromatic N) is 3. The standard InChI is InChI=1S/C8H4F3N3O2/c9-5-3-4(7(10)11)6(1-2-12)13-8(5)14(15)16/h3,7H,1H2. The number of rotatable bonds is 3. The van der Waals surface area contributed by atoms with Crippen molar-refractivity contribution < 1.29 is 18.1 Å². The van der Waals surface area contributed by atoms with Crippen LogP contribution in [0.25, 0.3) is 0 Å². The molecule has 1 heterocycles. The Balaban J connectivity index is 3.38. The molecule has 0 saturated carbocycles. The Hall–Kier alpha value is -2.17. The third-order valence-electron chi connectivity index (χ3n) is 1.72. The zero-order chi connectivity index (χ0) is 12.3. The minimum atomic E-state index is -3.04. The molecule has 0 N–H and O–H groups in total. The van der Waals surface area contributed by atoms with E-state index in [0.717, 1.165) is 0 Å². The number of pyridine rings is 1. The largest absolute Gasteiger partial charge is 0.400 e. The monoisotopic (exact) mass is 231 g/mol. The SMILES string of the molecule is N#CCc1nc([N+](=O)[O-])c(F)cc1C(F)F. The summed E-state index contributed by atoms with van der Waals surface area (Å²) < 4.78 is 37.7. The summed E-state index contributed by atoms with van der Waals surface area (Å²) in [5.41, 5.74) is -1.28. The lowest BCUT2D eigenvalue weighted by molar-refractivity contribution is -0.392. The summed E-state index contributed by atoms with van der Waals surface area (Å²) in [5, 5.41) is 18.6. The van der Waals surface area contributed by atoms with Crippen LogP contribution in [0.3, 0.4) is 0 Å². The van der Waals surface area contributed by atoms with E-state index in [1.807, 2.05) is 0 Å². The first kappa shape index (κ1) is 11.9. The molecule has 0 saturated heterocycles. The van der Waals surface area contributed by atoms with E-state index in [1.165, 1.54) is 6.07 Å². The lowest BCUT2D eigenvalue weighted by Crippen LogP contribution is -2.04. The molecule has 84 valence electrons. The third-order valence-corrected chi connectivity index (χ3v) is 1.72. The average molecular weight is 231 g/mol. The summed E-state index contributed by atoms with van der Waals surface area (Å²) in [6.07, 6.45) is -3.58. The van der Waals surface area contributed by atoms with E-state index in [9.17, 15) is 23.3 Å².